The zero-order valence-electron chi connectivity index (χ0n) is 11.6. The number of fused-ring (bicyclic) bond motifs is 1. The summed E-state index contributed by atoms with van der Waals surface area (Å²) in [7, 11) is 0. The van der Waals surface area contributed by atoms with Gasteiger partial charge in [0, 0.05) is 6.54 Å². The monoisotopic (exact) mass is 269 g/mol. The number of anilines is 1. The SMILES string of the molecule is Cc1cccc2c1N(Cc1ccccc1)C[C@H](CO)O2. The van der Waals surface area contributed by atoms with Gasteiger partial charge in [0.2, 0.25) is 0 Å². The van der Waals surface area contributed by atoms with Crippen LogP contribution in [-0.2, 0) is 6.54 Å². The van der Waals surface area contributed by atoms with Gasteiger partial charge in [-0.2, -0.15) is 0 Å². The summed E-state index contributed by atoms with van der Waals surface area (Å²) in [5, 5.41) is 9.42. The van der Waals surface area contributed by atoms with Crippen LogP contribution in [0.1, 0.15) is 11.1 Å². The van der Waals surface area contributed by atoms with Crippen LogP contribution in [0, 0.1) is 6.92 Å². The molecule has 1 N–H and O–H groups in total. The molecule has 0 spiro atoms. The predicted molar refractivity (Wildman–Crippen MR) is 80.2 cm³/mol. The van der Waals surface area contributed by atoms with Gasteiger partial charge in [0.05, 0.1) is 18.8 Å². The van der Waals surface area contributed by atoms with Crippen molar-refractivity contribution < 1.29 is 9.84 Å². The molecular formula is C17H19NO2. The number of aryl methyl sites for hydroxylation is 1. The Morgan fingerprint density at radius 1 is 1.15 bits per heavy atom. The fraction of sp³-hybridized carbons (Fsp3) is 0.294. The average Bonchev–Trinajstić information content (AvgIpc) is 2.48. The third-order valence-corrected chi connectivity index (χ3v) is 3.65. The van der Waals surface area contributed by atoms with Crippen LogP contribution in [0.5, 0.6) is 5.75 Å². The standard InChI is InChI=1S/C17H19NO2/c1-13-6-5-9-16-17(13)18(11-15(12-19)20-16)10-14-7-3-2-4-8-14/h2-9,15,19H,10-12H2,1H3/t15-/m1/s1. The summed E-state index contributed by atoms with van der Waals surface area (Å²) in [5.74, 6) is 0.867. The first-order chi connectivity index (χ1) is 9.78. The van der Waals surface area contributed by atoms with Crippen molar-refractivity contribution in [2.75, 3.05) is 18.1 Å². The average molecular weight is 269 g/mol. The summed E-state index contributed by atoms with van der Waals surface area (Å²) in [6, 6.07) is 16.5. The molecule has 2 aromatic rings. The molecule has 2 aromatic carbocycles. The highest BCUT2D eigenvalue weighted by molar-refractivity contribution is 5.65. The van der Waals surface area contributed by atoms with E-state index >= 15 is 0 Å². The maximum Gasteiger partial charge on any atom is 0.143 e. The van der Waals surface area contributed by atoms with E-state index in [4.69, 9.17) is 4.74 Å². The van der Waals surface area contributed by atoms with Crippen molar-refractivity contribution in [3.05, 3.63) is 59.7 Å². The summed E-state index contributed by atoms with van der Waals surface area (Å²) < 4.78 is 5.84. The quantitative estimate of drug-likeness (QED) is 0.930. The maximum atomic E-state index is 9.42. The number of hydrogen-bond donors (Lipinski definition) is 1. The van der Waals surface area contributed by atoms with Crippen LogP contribution in [0.15, 0.2) is 48.5 Å². The number of para-hydroxylation sites is 1. The molecule has 0 radical (unpaired) electrons. The number of ether oxygens (including phenoxy) is 1. The second kappa shape index (κ2) is 5.55. The highest BCUT2D eigenvalue weighted by Gasteiger charge is 2.26. The van der Waals surface area contributed by atoms with Crippen molar-refractivity contribution >= 4 is 5.69 Å². The number of aliphatic hydroxyl groups is 1. The molecule has 0 fully saturated rings. The molecule has 0 bridgehead atoms. The summed E-state index contributed by atoms with van der Waals surface area (Å²) in [4.78, 5) is 2.30. The van der Waals surface area contributed by atoms with Crippen molar-refractivity contribution in [2.45, 2.75) is 19.6 Å². The summed E-state index contributed by atoms with van der Waals surface area (Å²) in [6.45, 7) is 3.68. The van der Waals surface area contributed by atoms with E-state index < -0.39 is 0 Å². The largest absolute Gasteiger partial charge is 0.484 e. The second-order valence-corrected chi connectivity index (χ2v) is 5.21. The van der Waals surface area contributed by atoms with Gasteiger partial charge in [0.1, 0.15) is 11.9 Å². The summed E-state index contributed by atoms with van der Waals surface area (Å²) in [6.07, 6.45) is -0.159. The third-order valence-electron chi connectivity index (χ3n) is 3.65. The molecule has 0 aromatic heterocycles. The van der Waals surface area contributed by atoms with Gasteiger partial charge >= 0.3 is 0 Å². The van der Waals surface area contributed by atoms with E-state index in [1.807, 2.05) is 18.2 Å². The second-order valence-electron chi connectivity index (χ2n) is 5.21. The molecule has 0 saturated carbocycles. The Hall–Kier alpha value is -2.00. The highest BCUT2D eigenvalue weighted by Crippen LogP contribution is 2.36. The lowest BCUT2D eigenvalue weighted by atomic mass is 10.1. The molecule has 3 heteroatoms. The molecule has 0 aliphatic carbocycles. The lowest BCUT2D eigenvalue weighted by Gasteiger charge is -2.36. The molecule has 3 rings (SSSR count). The van der Waals surface area contributed by atoms with Crippen molar-refractivity contribution in [2.24, 2.45) is 0 Å². The lowest BCUT2D eigenvalue weighted by molar-refractivity contribution is 0.112. The van der Waals surface area contributed by atoms with Gasteiger partial charge in [0.15, 0.2) is 0 Å². The summed E-state index contributed by atoms with van der Waals surface area (Å²) in [5.41, 5.74) is 3.61. The van der Waals surface area contributed by atoms with Crippen LogP contribution < -0.4 is 9.64 Å². The van der Waals surface area contributed by atoms with Crippen LogP contribution in [0.2, 0.25) is 0 Å². The molecular weight excluding hydrogens is 250 g/mol. The zero-order chi connectivity index (χ0) is 13.9. The molecule has 1 heterocycles. The minimum Gasteiger partial charge on any atom is -0.484 e. The van der Waals surface area contributed by atoms with Gasteiger partial charge in [-0.25, -0.2) is 0 Å². The smallest absolute Gasteiger partial charge is 0.143 e. The number of aliphatic hydroxyl groups excluding tert-OH is 1. The first kappa shape index (κ1) is 13.0. The molecule has 3 nitrogen and oxygen atoms in total. The van der Waals surface area contributed by atoms with Crippen molar-refractivity contribution in [3.63, 3.8) is 0 Å². The Morgan fingerprint density at radius 2 is 1.95 bits per heavy atom. The van der Waals surface area contributed by atoms with Gasteiger partial charge in [-0.15, -0.1) is 0 Å². The zero-order valence-corrected chi connectivity index (χ0v) is 11.6. The molecule has 0 unspecified atom stereocenters. The first-order valence-electron chi connectivity index (χ1n) is 6.94. The van der Waals surface area contributed by atoms with Gasteiger partial charge in [-0.1, -0.05) is 42.5 Å². The molecule has 1 aliphatic rings. The van der Waals surface area contributed by atoms with Crippen LogP contribution in [0.4, 0.5) is 5.69 Å². The molecule has 1 atom stereocenters. The van der Waals surface area contributed by atoms with E-state index in [9.17, 15) is 5.11 Å². The van der Waals surface area contributed by atoms with E-state index in [1.54, 1.807) is 0 Å². The molecule has 0 amide bonds. The van der Waals surface area contributed by atoms with Crippen LogP contribution in [0.25, 0.3) is 0 Å². The fourth-order valence-electron chi connectivity index (χ4n) is 2.73. The number of rotatable bonds is 3. The topological polar surface area (TPSA) is 32.7 Å². The van der Waals surface area contributed by atoms with Gasteiger partial charge in [-0.05, 0) is 24.1 Å². The van der Waals surface area contributed by atoms with Gasteiger partial charge in [0.25, 0.3) is 0 Å². The Labute approximate surface area is 119 Å². The molecule has 104 valence electrons. The number of benzene rings is 2. The van der Waals surface area contributed by atoms with Crippen molar-refractivity contribution in [1.82, 2.24) is 0 Å². The molecule has 1 aliphatic heterocycles. The van der Waals surface area contributed by atoms with Gasteiger partial charge in [-0.3, -0.25) is 0 Å². The maximum absolute atomic E-state index is 9.42. The van der Waals surface area contributed by atoms with E-state index in [0.29, 0.717) is 6.54 Å². The Morgan fingerprint density at radius 3 is 2.70 bits per heavy atom. The predicted octanol–water partition coefficient (Wildman–Crippen LogP) is 2.75. The minimum absolute atomic E-state index is 0.0403. The first-order valence-corrected chi connectivity index (χ1v) is 6.94. The summed E-state index contributed by atoms with van der Waals surface area (Å²) >= 11 is 0. The van der Waals surface area contributed by atoms with Crippen LogP contribution in [-0.4, -0.2) is 24.4 Å². The third kappa shape index (κ3) is 2.49. The van der Waals surface area contributed by atoms with E-state index in [2.05, 4.69) is 42.2 Å². The van der Waals surface area contributed by atoms with E-state index in [0.717, 1.165) is 18.0 Å². The highest BCUT2D eigenvalue weighted by atomic mass is 16.5. The van der Waals surface area contributed by atoms with Crippen molar-refractivity contribution in [1.29, 1.82) is 0 Å². The van der Waals surface area contributed by atoms with Crippen LogP contribution in [0.3, 0.4) is 0 Å². The Balaban J connectivity index is 1.94. The Bertz CT molecular complexity index is 583. The number of nitrogens with zero attached hydrogens (tertiary/aromatic N) is 1. The van der Waals surface area contributed by atoms with Gasteiger partial charge < -0.3 is 14.7 Å². The van der Waals surface area contributed by atoms with Crippen molar-refractivity contribution in [3.8, 4) is 5.75 Å². The van der Waals surface area contributed by atoms with E-state index in [1.165, 1.54) is 11.1 Å². The Kier molecular flexibility index (Phi) is 3.61. The molecule has 20 heavy (non-hydrogen) atoms. The number of hydrogen-bond acceptors (Lipinski definition) is 3. The molecule has 0 saturated heterocycles. The normalized spacial score (nSPS) is 17.5. The van der Waals surface area contributed by atoms with E-state index in [-0.39, 0.29) is 12.7 Å². The lowest BCUT2D eigenvalue weighted by Crippen LogP contribution is -2.42. The fourth-order valence-corrected chi connectivity index (χ4v) is 2.73. The van der Waals surface area contributed by atoms with Crippen LogP contribution >= 0.6 is 0 Å². The minimum atomic E-state index is -0.159.